The van der Waals surface area contributed by atoms with Gasteiger partial charge in [-0.1, -0.05) is 59.6 Å². The van der Waals surface area contributed by atoms with Crippen LogP contribution in [0.4, 0.5) is 0 Å². The summed E-state index contributed by atoms with van der Waals surface area (Å²) in [6.07, 6.45) is 2.87. The number of carbonyl (C=O) groups excluding carboxylic acids is 1. The largest absolute Gasteiger partial charge is 0.356 e. The third kappa shape index (κ3) is 6.45. The lowest BCUT2D eigenvalue weighted by Gasteiger charge is -2.30. The first kappa shape index (κ1) is 23.1. The van der Waals surface area contributed by atoms with Crippen molar-refractivity contribution in [3.8, 4) is 0 Å². The van der Waals surface area contributed by atoms with Crippen molar-refractivity contribution in [2.24, 2.45) is 5.92 Å². The number of amides is 1. The lowest BCUT2D eigenvalue weighted by Crippen LogP contribution is -2.43. The van der Waals surface area contributed by atoms with Gasteiger partial charge in [0.25, 0.3) is 0 Å². The van der Waals surface area contributed by atoms with Crippen LogP contribution in [0.1, 0.15) is 30.4 Å². The van der Waals surface area contributed by atoms with Crippen molar-refractivity contribution in [1.82, 2.24) is 9.62 Å². The molecule has 0 aliphatic carbocycles. The van der Waals surface area contributed by atoms with E-state index < -0.39 is 10.0 Å². The zero-order valence-corrected chi connectivity index (χ0v) is 19.0. The van der Waals surface area contributed by atoms with Crippen molar-refractivity contribution in [3.63, 3.8) is 0 Å². The highest BCUT2D eigenvalue weighted by atomic mass is 35.5. The van der Waals surface area contributed by atoms with Gasteiger partial charge in [-0.25, -0.2) is 12.7 Å². The number of aryl methyl sites for hydroxylation is 1. The molecule has 0 bridgehead atoms. The standard InChI is InChI=1S/C22H26Cl2N2O3S/c23-20-9-8-18(15-21(20)24)16-30(28,29)26-13-10-19(11-14-26)22(27)25-12-4-7-17-5-2-1-3-6-17/h1-3,5-6,8-9,15,19H,4,7,10-14,16H2,(H,25,27). The summed E-state index contributed by atoms with van der Waals surface area (Å²) in [6.45, 7) is 1.33. The quantitative estimate of drug-likeness (QED) is 0.587. The monoisotopic (exact) mass is 468 g/mol. The van der Waals surface area contributed by atoms with Crippen molar-refractivity contribution in [1.29, 1.82) is 0 Å². The van der Waals surface area contributed by atoms with Crippen LogP contribution in [0.5, 0.6) is 0 Å². The molecule has 0 radical (unpaired) electrons. The fourth-order valence-corrected chi connectivity index (χ4v) is 5.49. The van der Waals surface area contributed by atoms with E-state index in [1.165, 1.54) is 9.87 Å². The molecule has 1 aliphatic heterocycles. The highest BCUT2D eigenvalue weighted by molar-refractivity contribution is 7.88. The summed E-state index contributed by atoms with van der Waals surface area (Å²) in [5.74, 6) is -0.247. The summed E-state index contributed by atoms with van der Waals surface area (Å²) in [7, 11) is -3.47. The number of piperidine rings is 1. The van der Waals surface area contributed by atoms with Gasteiger partial charge in [-0.15, -0.1) is 0 Å². The first-order valence-electron chi connectivity index (χ1n) is 10.1. The van der Waals surface area contributed by atoms with Gasteiger partial charge in [0.1, 0.15) is 0 Å². The molecule has 5 nitrogen and oxygen atoms in total. The Morgan fingerprint density at radius 2 is 1.70 bits per heavy atom. The maximum absolute atomic E-state index is 12.7. The summed E-state index contributed by atoms with van der Waals surface area (Å²) in [5, 5.41) is 3.73. The third-order valence-electron chi connectivity index (χ3n) is 5.34. The average molecular weight is 469 g/mol. The molecule has 3 rings (SSSR count). The molecule has 1 aliphatic rings. The second kappa shape index (κ2) is 10.6. The summed E-state index contributed by atoms with van der Waals surface area (Å²) in [5.41, 5.74) is 1.86. The summed E-state index contributed by atoms with van der Waals surface area (Å²) in [6, 6.07) is 15.0. The van der Waals surface area contributed by atoms with Crippen LogP contribution in [-0.4, -0.2) is 38.3 Å². The number of nitrogens with zero attached hydrogens (tertiary/aromatic N) is 1. The Morgan fingerprint density at radius 3 is 2.37 bits per heavy atom. The summed E-state index contributed by atoms with van der Waals surface area (Å²) >= 11 is 11.9. The highest BCUT2D eigenvalue weighted by Gasteiger charge is 2.31. The molecule has 0 spiro atoms. The topological polar surface area (TPSA) is 66.5 Å². The van der Waals surface area contributed by atoms with E-state index in [-0.39, 0.29) is 17.6 Å². The van der Waals surface area contributed by atoms with Gasteiger partial charge in [0, 0.05) is 25.6 Å². The molecule has 1 amide bonds. The van der Waals surface area contributed by atoms with Crippen molar-refractivity contribution in [2.75, 3.05) is 19.6 Å². The number of nitrogens with one attached hydrogen (secondary N) is 1. The Bertz CT molecular complexity index is 960. The molecular formula is C22H26Cl2N2O3S. The van der Waals surface area contributed by atoms with Crippen LogP contribution in [0.15, 0.2) is 48.5 Å². The van der Waals surface area contributed by atoms with Gasteiger partial charge in [0.2, 0.25) is 15.9 Å². The van der Waals surface area contributed by atoms with Crippen LogP contribution < -0.4 is 5.32 Å². The van der Waals surface area contributed by atoms with Crippen molar-refractivity contribution >= 4 is 39.1 Å². The molecule has 0 atom stereocenters. The maximum atomic E-state index is 12.7. The van der Waals surface area contributed by atoms with E-state index >= 15 is 0 Å². The zero-order valence-electron chi connectivity index (χ0n) is 16.7. The predicted octanol–water partition coefficient (Wildman–Crippen LogP) is 4.28. The SMILES string of the molecule is O=C(NCCCc1ccccc1)C1CCN(S(=O)(=O)Cc2ccc(Cl)c(Cl)c2)CC1. The molecular weight excluding hydrogens is 443 g/mol. The lowest BCUT2D eigenvalue weighted by molar-refractivity contribution is -0.126. The van der Waals surface area contributed by atoms with E-state index in [2.05, 4.69) is 17.4 Å². The Kier molecular flexibility index (Phi) is 8.17. The molecule has 0 saturated carbocycles. The van der Waals surface area contributed by atoms with E-state index in [9.17, 15) is 13.2 Å². The van der Waals surface area contributed by atoms with Crippen LogP contribution in [0, 0.1) is 5.92 Å². The number of benzene rings is 2. The first-order chi connectivity index (χ1) is 14.3. The van der Waals surface area contributed by atoms with Gasteiger partial charge >= 0.3 is 0 Å². The van der Waals surface area contributed by atoms with Gasteiger partial charge in [0.15, 0.2) is 0 Å². The van der Waals surface area contributed by atoms with Crippen LogP contribution in [0.25, 0.3) is 0 Å². The second-order valence-corrected chi connectivity index (χ2v) is 10.3. The van der Waals surface area contributed by atoms with Crippen molar-refractivity contribution in [3.05, 3.63) is 69.7 Å². The number of carbonyl (C=O) groups is 1. The Labute approximate surface area is 188 Å². The van der Waals surface area contributed by atoms with Gasteiger partial charge in [-0.2, -0.15) is 0 Å². The van der Waals surface area contributed by atoms with E-state index in [0.717, 1.165) is 12.8 Å². The predicted molar refractivity (Wildman–Crippen MR) is 121 cm³/mol. The van der Waals surface area contributed by atoms with Crippen LogP contribution in [-0.2, 0) is 27.0 Å². The molecule has 1 saturated heterocycles. The minimum atomic E-state index is -3.47. The Hall–Kier alpha value is -1.60. The van der Waals surface area contributed by atoms with E-state index in [4.69, 9.17) is 23.2 Å². The highest BCUT2D eigenvalue weighted by Crippen LogP contribution is 2.26. The molecule has 1 N–H and O–H groups in total. The Balaban J connectivity index is 1.42. The van der Waals surface area contributed by atoms with E-state index in [1.54, 1.807) is 18.2 Å². The number of hydrogen-bond donors (Lipinski definition) is 1. The van der Waals surface area contributed by atoms with Crippen LogP contribution in [0.2, 0.25) is 10.0 Å². The zero-order chi connectivity index (χ0) is 21.6. The van der Waals surface area contributed by atoms with Crippen LogP contribution >= 0.6 is 23.2 Å². The fourth-order valence-electron chi connectivity index (χ4n) is 3.62. The molecule has 8 heteroatoms. The normalized spacial score (nSPS) is 15.8. The fraction of sp³-hybridized carbons (Fsp3) is 0.409. The minimum absolute atomic E-state index is 0.0181. The molecule has 1 heterocycles. The molecule has 162 valence electrons. The average Bonchev–Trinajstić information content (AvgIpc) is 2.74. The Morgan fingerprint density at radius 1 is 1.00 bits per heavy atom. The number of halogens is 2. The molecule has 30 heavy (non-hydrogen) atoms. The molecule has 1 fully saturated rings. The maximum Gasteiger partial charge on any atom is 0.223 e. The molecule has 0 aromatic heterocycles. The first-order valence-corrected chi connectivity index (χ1v) is 12.4. The summed E-state index contributed by atoms with van der Waals surface area (Å²) < 4.78 is 26.9. The van der Waals surface area contributed by atoms with Gasteiger partial charge in [-0.05, 0) is 48.9 Å². The summed E-state index contributed by atoms with van der Waals surface area (Å²) in [4.78, 5) is 12.4. The smallest absolute Gasteiger partial charge is 0.223 e. The minimum Gasteiger partial charge on any atom is -0.356 e. The lowest BCUT2D eigenvalue weighted by atomic mass is 9.97. The van der Waals surface area contributed by atoms with E-state index in [0.29, 0.717) is 48.1 Å². The second-order valence-electron chi connectivity index (χ2n) is 7.56. The number of hydrogen-bond acceptors (Lipinski definition) is 3. The molecule has 2 aromatic carbocycles. The molecule has 2 aromatic rings. The number of sulfonamides is 1. The van der Waals surface area contributed by atoms with Gasteiger partial charge in [0.05, 0.1) is 15.8 Å². The van der Waals surface area contributed by atoms with Crippen LogP contribution in [0.3, 0.4) is 0 Å². The molecule has 0 unspecified atom stereocenters. The van der Waals surface area contributed by atoms with E-state index in [1.807, 2.05) is 18.2 Å². The third-order valence-corrected chi connectivity index (χ3v) is 7.92. The van der Waals surface area contributed by atoms with Gasteiger partial charge < -0.3 is 5.32 Å². The van der Waals surface area contributed by atoms with Crippen molar-refractivity contribution in [2.45, 2.75) is 31.4 Å². The van der Waals surface area contributed by atoms with Crippen molar-refractivity contribution < 1.29 is 13.2 Å². The van der Waals surface area contributed by atoms with Gasteiger partial charge in [-0.3, -0.25) is 4.79 Å². The number of rotatable bonds is 8.